The Morgan fingerprint density at radius 3 is 1.60 bits per heavy atom. The summed E-state index contributed by atoms with van der Waals surface area (Å²) in [6.07, 6.45) is -2.06. The van der Waals surface area contributed by atoms with Crippen molar-refractivity contribution in [2.45, 2.75) is 0 Å². The van der Waals surface area contributed by atoms with Gasteiger partial charge < -0.3 is 4.89 Å². The van der Waals surface area contributed by atoms with Crippen molar-refractivity contribution in [1.82, 2.24) is 0 Å². The Hall–Kier alpha value is 0.610. The van der Waals surface area contributed by atoms with Crippen molar-refractivity contribution < 1.29 is 4.89 Å². The summed E-state index contributed by atoms with van der Waals surface area (Å²) in [5, 5.41) is 0. The van der Waals surface area contributed by atoms with Gasteiger partial charge in [0.25, 0.3) is 0 Å². The third kappa shape index (κ3) is 84.4. The zero-order valence-corrected chi connectivity index (χ0v) is 4.97. The van der Waals surface area contributed by atoms with Crippen LogP contribution in [-0.4, -0.2) is 13.3 Å². The van der Waals surface area contributed by atoms with Crippen LogP contribution in [0.5, 0.6) is 0 Å². The quantitative estimate of drug-likeness (QED) is 0.409. The summed E-state index contributed by atoms with van der Waals surface area (Å²) < 4.78 is 0. The van der Waals surface area contributed by atoms with E-state index in [1.165, 1.54) is 0 Å². The predicted molar refractivity (Wildman–Crippen MR) is 26.1 cm³/mol. The summed E-state index contributed by atoms with van der Waals surface area (Å²) in [6.45, 7) is 3.12. The maximum Gasteiger partial charge on any atom is -0.0487 e. The topological polar surface area (TPSA) is 23.1 Å². The third-order valence-electron chi connectivity index (χ3n) is 0. The van der Waals surface area contributed by atoms with E-state index in [1.807, 2.05) is 0 Å². The molecule has 0 aromatic carbocycles. The summed E-state index contributed by atoms with van der Waals surface area (Å²) in [7, 11) is 0. The van der Waals surface area contributed by atoms with Gasteiger partial charge in [-0.15, -0.1) is 18.1 Å². The smallest absolute Gasteiger partial charge is 0.0487 e. The first kappa shape index (κ1) is 5.61. The molecule has 5 heavy (non-hydrogen) atoms. The van der Waals surface area contributed by atoms with Crippen LogP contribution in [0.4, 0.5) is 0 Å². The molecular formula is C2H6OPS-. The SMILES string of the molecule is CP(C)([O-])=S. The van der Waals surface area contributed by atoms with E-state index < -0.39 is 6.26 Å². The summed E-state index contributed by atoms with van der Waals surface area (Å²) >= 11 is 4.38. The minimum Gasteiger partial charge on any atom is -0.821 e. The normalized spacial score (nSPS) is 11.8. The molecule has 0 amide bonds. The van der Waals surface area contributed by atoms with E-state index in [9.17, 15) is 4.89 Å². The lowest BCUT2D eigenvalue weighted by Gasteiger charge is -2.12. The molecule has 32 valence electrons. The summed E-state index contributed by atoms with van der Waals surface area (Å²) in [5.74, 6) is 0. The van der Waals surface area contributed by atoms with E-state index in [0.717, 1.165) is 0 Å². The fourth-order valence-electron chi connectivity index (χ4n) is 0. The van der Waals surface area contributed by atoms with Crippen LogP contribution in [0.25, 0.3) is 0 Å². The Morgan fingerprint density at radius 2 is 1.60 bits per heavy atom. The molecule has 0 spiro atoms. The molecule has 3 heteroatoms. The zero-order valence-electron chi connectivity index (χ0n) is 3.26. The highest BCUT2D eigenvalue weighted by Gasteiger charge is 1.69. The Morgan fingerprint density at radius 1 is 1.60 bits per heavy atom. The van der Waals surface area contributed by atoms with E-state index in [0.29, 0.717) is 0 Å². The minimum atomic E-state index is -2.06. The number of rotatable bonds is 0. The number of hydrogen-bond acceptors (Lipinski definition) is 2. The first-order valence-corrected chi connectivity index (χ1v) is 4.87. The average Bonchev–Trinajstić information content (AvgIpc) is 0.722. The van der Waals surface area contributed by atoms with Gasteiger partial charge >= 0.3 is 0 Å². The highest BCUT2D eigenvalue weighted by molar-refractivity contribution is 8.10. The van der Waals surface area contributed by atoms with E-state index in [-0.39, 0.29) is 0 Å². The highest BCUT2D eigenvalue weighted by Crippen LogP contribution is 2.21. The minimum absolute atomic E-state index is 1.56. The molecule has 0 heterocycles. The molecule has 0 atom stereocenters. The molecule has 0 radical (unpaired) electrons. The maximum atomic E-state index is 10.0. The van der Waals surface area contributed by atoms with Gasteiger partial charge in [-0.2, -0.15) is 0 Å². The first-order chi connectivity index (χ1) is 2.00. The first-order valence-electron chi connectivity index (χ1n) is 1.26. The molecule has 0 fully saturated rings. The van der Waals surface area contributed by atoms with Crippen LogP contribution in [0, 0.1) is 0 Å². The molecule has 0 saturated heterocycles. The van der Waals surface area contributed by atoms with E-state index in [1.54, 1.807) is 13.3 Å². The van der Waals surface area contributed by atoms with Crippen LogP contribution < -0.4 is 4.89 Å². The van der Waals surface area contributed by atoms with Crippen molar-refractivity contribution in [3.05, 3.63) is 0 Å². The Labute approximate surface area is 37.1 Å². The zero-order chi connectivity index (χ0) is 4.50. The van der Waals surface area contributed by atoms with Crippen molar-refractivity contribution in [2.75, 3.05) is 13.3 Å². The fraction of sp³-hybridized carbons (Fsp3) is 1.00. The monoisotopic (exact) mass is 109 g/mol. The van der Waals surface area contributed by atoms with Gasteiger partial charge in [0, 0.05) is 0 Å². The lowest BCUT2D eigenvalue weighted by atomic mass is 11.9. The van der Waals surface area contributed by atoms with Crippen molar-refractivity contribution in [1.29, 1.82) is 0 Å². The molecule has 0 aromatic rings. The van der Waals surface area contributed by atoms with E-state index in [4.69, 9.17) is 0 Å². The molecule has 0 aliphatic heterocycles. The summed E-state index contributed by atoms with van der Waals surface area (Å²) in [5.41, 5.74) is 0. The van der Waals surface area contributed by atoms with Crippen molar-refractivity contribution in [3.8, 4) is 0 Å². The van der Waals surface area contributed by atoms with Crippen molar-refractivity contribution in [2.24, 2.45) is 0 Å². The van der Waals surface area contributed by atoms with Crippen LogP contribution in [0.3, 0.4) is 0 Å². The molecular weight excluding hydrogens is 103 g/mol. The van der Waals surface area contributed by atoms with Gasteiger partial charge in [0.1, 0.15) is 0 Å². The van der Waals surface area contributed by atoms with Gasteiger partial charge in [0.05, 0.1) is 0 Å². The summed E-state index contributed by atoms with van der Waals surface area (Å²) in [6, 6.07) is 0. The molecule has 0 bridgehead atoms. The van der Waals surface area contributed by atoms with Gasteiger partial charge in [-0.1, -0.05) is 0 Å². The maximum absolute atomic E-state index is 10.0. The molecule has 1 nitrogen and oxygen atoms in total. The number of hydrogen-bond donors (Lipinski definition) is 0. The second kappa shape index (κ2) is 1.38. The molecule has 0 unspecified atom stereocenters. The Bertz CT molecular complexity index is 55.8. The van der Waals surface area contributed by atoms with Gasteiger partial charge in [-0.3, -0.25) is 0 Å². The average molecular weight is 109 g/mol. The van der Waals surface area contributed by atoms with Crippen LogP contribution in [0.1, 0.15) is 0 Å². The van der Waals surface area contributed by atoms with Gasteiger partial charge in [0.2, 0.25) is 0 Å². The molecule has 0 N–H and O–H groups in total. The third-order valence-corrected chi connectivity index (χ3v) is 0. The van der Waals surface area contributed by atoms with Crippen molar-refractivity contribution >= 4 is 18.1 Å². The molecule has 0 aromatic heterocycles. The lowest BCUT2D eigenvalue weighted by Crippen LogP contribution is -1.92. The molecule has 0 saturated carbocycles. The molecule has 0 aliphatic carbocycles. The van der Waals surface area contributed by atoms with Crippen LogP contribution in [-0.2, 0) is 11.8 Å². The van der Waals surface area contributed by atoms with Crippen LogP contribution in [0.2, 0.25) is 0 Å². The van der Waals surface area contributed by atoms with Gasteiger partial charge in [-0.05, 0) is 13.3 Å². The standard InChI is InChI=1S/C2H7OPS/c1-4(2,3)5/h1-2H3,(H,3,5)/p-1. The Kier molecular flexibility index (Phi) is 1.54. The summed E-state index contributed by atoms with van der Waals surface area (Å²) in [4.78, 5) is 10.0. The molecule has 0 rings (SSSR count). The van der Waals surface area contributed by atoms with Gasteiger partial charge in [0.15, 0.2) is 0 Å². The second-order valence-electron chi connectivity index (χ2n) is 1.25. The van der Waals surface area contributed by atoms with E-state index >= 15 is 0 Å². The highest BCUT2D eigenvalue weighted by atomic mass is 32.4. The Balaban J connectivity index is 3.47. The second-order valence-corrected chi connectivity index (χ2v) is 6.39. The fourth-order valence-corrected chi connectivity index (χ4v) is 0. The van der Waals surface area contributed by atoms with Crippen molar-refractivity contribution in [3.63, 3.8) is 0 Å². The lowest BCUT2D eigenvalue weighted by molar-refractivity contribution is -0.158. The largest absolute Gasteiger partial charge is 0.821 e. The molecule has 0 aliphatic rings. The van der Waals surface area contributed by atoms with Crippen LogP contribution >= 0.6 is 6.26 Å². The predicted octanol–water partition coefficient (Wildman–Crippen LogP) is 0.000800. The van der Waals surface area contributed by atoms with Gasteiger partial charge in [-0.25, -0.2) is 0 Å². The van der Waals surface area contributed by atoms with Crippen LogP contribution in [0.15, 0.2) is 0 Å². The van der Waals surface area contributed by atoms with E-state index in [2.05, 4.69) is 11.8 Å².